The Bertz CT molecular complexity index is 1600. The molecule has 1 aliphatic heterocycles. The summed E-state index contributed by atoms with van der Waals surface area (Å²) in [5.41, 5.74) is 1.56. The number of nitrogens with zero attached hydrogens (tertiary/aromatic N) is 9. The van der Waals surface area contributed by atoms with Gasteiger partial charge in [-0.1, -0.05) is 17.7 Å². The number of tetrazole rings is 1. The van der Waals surface area contributed by atoms with Crippen LogP contribution in [0.15, 0.2) is 43.1 Å². The first-order chi connectivity index (χ1) is 22.9. The largest absolute Gasteiger partial charge is 0.487 e. The summed E-state index contributed by atoms with van der Waals surface area (Å²) >= 11 is 6.45. The van der Waals surface area contributed by atoms with E-state index in [9.17, 15) is 5.11 Å². The fraction of sp³-hybridized carbons (Fsp3) is 0.562. The van der Waals surface area contributed by atoms with Gasteiger partial charge in [-0.25, -0.2) is 14.6 Å². The van der Waals surface area contributed by atoms with E-state index < -0.39 is 5.60 Å². The zero-order valence-electron chi connectivity index (χ0n) is 26.5. The van der Waals surface area contributed by atoms with E-state index in [0.717, 1.165) is 82.4 Å². The Hall–Kier alpha value is -3.85. The molecule has 3 aliphatic rings. The van der Waals surface area contributed by atoms with Crippen molar-refractivity contribution in [3.8, 4) is 22.8 Å². The summed E-state index contributed by atoms with van der Waals surface area (Å²) in [6, 6.07) is 6.45. The number of nitrogens with one attached hydrogen (secondary N) is 1. The zero-order chi connectivity index (χ0) is 32.2. The van der Waals surface area contributed by atoms with Crippen molar-refractivity contribution in [3.05, 3.63) is 48.1 Å². The number of hydrogen-bond donors (Lipinski definition) is 2. The number of ether oxygens (including phenoxy) is 3. The summed E-state index contributed by atoms with van der Waals surface area (Å²) in [7, 11) is 0. The predicted octanol–water partition coefficient (Wildman–Crippen LogP) is 4.30. The van der Waals surface area contributed by atoms with Crippen LogP contribution in [0.3, 0.4) is 0 Å². The summed E-state index contributed by atoms with van der Waals surface area (Å²) in [6.07, 6.45) is 13.6. The SMILES string of the molecule is C[C@@H](Cn1cnnn1)Oc1cc(-c2cnc(Nc3cn(C4CCC(N5CCOCC5)CC4)nc3OCC3(O)CCC3)nc2)ccc1Cl. The maximum absolute atomic E-state index is 10.7. The molecule has 3 fully saturated rings. The molecule has 47 heavy (non-hydrogen) atoms. The maximum Gasteiger partial charge on any atom is 0.257 e. The molecule has 0 amide bonds. The Labute approximate surface area is 278 Å². The van der Waals surface area contributed by atoms with Crippen molar-refractivity contribution in [1.29, 1.82) is 0 Å². The molecule has 2 aliphatic carbocycles. The summed E-state index contributed by atoms with van der Waals surface area (Å²) in [5, 5.41) is 30.6. The lowest BCUT2D eigenvalue weighted by Crippen LogP contribution is -2.45. The van der Waals surface area contributed by atoms with Crippen molar-refractivity contribution >= 4 is 23.2 Å². The summed E-state index contributed by atoms with van der Waals surface area (Å²) < 4.78 is 21.4. The van der Waals surface area contributed by atoms with Gasteiger partial charge in [-0.15, -0.1) is 10.2 Å². The van der Waals surface area contributed by atoms with Gasteiger partial charge in [0.2, 0.25) is 5.95 Å². The molecule has 0 unspecified atom stereocenters. The second kappa shape index (κ2) is 14.1. The van der Waals surface area contributed by atoms with Crippen molar-refractivity contribution in [2.75, 3.05) is 38.2 Å². The van der Waals surface area contributed by atoms with Crippen LogP contribution in [0.4, 0.5) is 11.6 Å². The van der Waals surface area contributed by atoms with Crippen LogP contribution in [-0.2, 0) is 11.3 Å². The van der Waals surface area contributed by atoms with Gasteiger partial charge in [-0.05, 0) is 80.0 Å². The van der Waals surface area contributed by atoms with Crippen molar-refractivity contribution in [1.82, 2.24) is 44.9 Å². The predicted molar refractivity (Wildman–Crippen MR) is 174 cm³/mol. The van der Waals surface area contributed by atoms with E-state index in [1.807, 2.05) is 29.9 Å². The normalized spacial score (nSPS) is 21.9. The van der Waals surface area contributed by atoms with Crippen LogP contribution in [0.2, 0.25) is 5.02 Å². The molecule has 2 N–H and O–H groups in total. The second-order valence-electron chi connectivity index (χ2n) is 12.8. The van der Waals surface area contributed by atoms with Gasteiger partial charge in [0.05, 0.1) is 42.6 Å². The van der Waals surface area contributed by atoms with E-state index in [-0.39, 0.29) is 18.8 Å². The van der Waals surface area contributed by atoms with Gasteiger partial charge >= 0.3 is 0 Å². The third-order valence-corrected chi connectivity index (χ3v) is 9.70. The van der Waals surface area contributed by atoms with Gasteiger partial charge in [0.1, 0.15) is 30.5 Å². The Morgan fingerprint density at radius 2 is 1.85 bits per heavy atom. The lowest BCUT2D eigenvalue weighted by molar-refractivity contribution is -0.0672. The monoisotopic (exact) mass is 664 g/mol. The van der Waals surface area contributed by atoms with Crippen LogP contribution < -0.4 is 14.8 Å². The average Bonchev–Trinajstić information content (AvgIpc) is 3.75. The molecule has 15 heteroatoms. The van der Waals surface area contributed by atoms with Gasteiger partial charge in [0.25, 0.3) is 5.88 Å². The van der Waals surface area contributed by atoms with Crippen LogP contribution in [0.5, 0.6) is 11.6 Å². The zero-order valence-corrected chi connectivity index (χ0v) is 27.3. The topological polar surface area (TPSA) is 150 Å². The molecule has 4 aromatic rings. The van der Waals surface area contributed by atoms with E-state index >= 15 is 0 Å². The van der Waals surface area contributed by atoms with Gasteiger partial charge in [0.15, 0.2) is 0 Å². The lowest BCUT2D eigenvalue weighted by atomic mass is 9.81. The Balaban J connectivity index is 1.03. The van der Waals surface area contributed by atoms with Crippen molar-refractivity contribution < 1.29 is 19.3 Å². The number of morpholine rings is 1. The molecule has 1 aromatic carbocycles. The minimum absolute atomic E-state index is 0.206. The number of rotatable bonds is 12. The molecule has 3 aromatic heterocycles. The lowest BCUT2D eigenvalue weighted by Gasteiger charge is -2.38. The van der Waals surface area contributed by atoms with Crippen LogP contribution in [0.25, 0.3) is 11.1 Å². The Morgan fingerprint density at radius 3 is 2.55 bits per heavy atom. The van der Waals surface area contributed by atoms with Gasteiger partial charge in [0, 0.05) is 37.1 Å². The van der Waals surface area contributed by atoms with E-state index in [2.05, 4.69) is 35.7 Å². The average molecular weight is 665 g/mol. The molecule has 0 bridgehead atoms. The number of benzene rings is 1. The van der Waals surface area contributed by atoms with E-state index in [1.54, 1.807) is 29.5 Å². The molecule has 14 nitrogen and oxygen atoms in total. The standard InChI is InChI=1S/C32H41ClN10O4/c1-22(18-42-21-36-39-40-42)47-29-15-23(3-8-27(29)33)24-16-34-31(35-17-24)37-28-19-43(38-30(28)46-20-32(44)9-2-10-32)26-6-4-25(5-7-26)41-11-13-45-14-12-41/h3,8,15-17,19,21-22,25-26,44H,2,4-7,9-14,18,20H2,1H3,(H,34,35,37)/t22-,25?,26?/m0/s1. The minimum Gasteiger partial charge on any atom is -0.487 e. The molecule has 1 saturated heterocycles. The maximum atomic E-state index is 10.7. The first kappa shape index (κ1) is 31.7. The molecular weight excluding hydrogens is 624 g/mol. The molecule has 7 rings (SSSR count). The molecule has 4 heterocycles. The first-order valence-electron chi connectivity index (χ1n) is 16.4. The van der Waals surface area contributed by atoms with Crippen LogP contribution in [0, 0.1) is 0 Å². The van der Waals surface area contributed by atoms with Crippen LogP contribution >= 0.6 is 11.6 Å². The molecular formula is C32H41ClN10O4. The van der Waals surface area contributed by atoms with Gasteiger partial charge in [-0.2, -0.15) is 0 Å². The van der Waals surface area contributed by atoms with Crippen molar-refractivity contribution in [2.45, 2.75) is 82.2 Å². The van der Waals surface area contributed by atoms with Gasteiger partial charge < -0.3 is 24.6 Å². The van der Waals surface area contributed by atoms with E-state index in [4.69, 9.17) is 30.9 Å². The highest BCUT2D eigenvalue weighted by Gasteiger charge is 2.36. The highest BCUT2D eigenvalue weighted by Crippen LogP contribution is 2.37. The first-order valence-corrected chi connectivity index (χ1v) is 16.8. The van der Waals surface area contributed by atoms with E-state index in [1.165, 1.54) is 0 Å². The fourth-order valence-corrected chi connectivity index (χ4v) is 6.70. The summed E-state index contributed by atoms with van der Waals surface area (Å²) in [5.74, 6) is 1.41. The number of aromatic nitrogens is 8. The quantitative estimate of drug-likeness (QED) is 0.222. The minimum atomic E-state index is -0.790. The van der Waals surface area contributed by atoms with Crippen LogP contribution in [0.1, 0.15) is 57.9 Å². The third kappa shape index (κ3) is 7.67. The smallest absolute Gasteiger partial charge is 0.257 e. The van der Waals surface area contributed by atoms with E-state index in [0.29, 0.717) is 40.9 Å². The number of aliphatic hydroxyl groups is 1. The number of hydrogen-bond acceptors (Lipinski definition) is 12. The molecule has 0 radical (unpaired) electrons. The molecule has 250 valence electrons. The summed E-state index contributed by atoms with van der Waals surface area (Å²) in [4.78, 5) is 11.8. The second-order valence-corrected chi connectivity index (χ2v) is 13.2. The molecule has 0 spiro atoms. The van der Waals surface area contributed by atoms with Crippen molar-refractivity contribution in [3.63, 3.8) is 0 Å². The number of anilines is 2. The fourth-order valence-electron chi connectivity index (χ4n) is 6.53. The molecule has 2 saturated carbocycles. The number of halogens is 1. The Kier molecular flexibility index (Phi) is 9.52. The highest BCUT2D eigenvalue weighted by atomic mass is 35.5. The third-order valence-electron chi connectivity index (χ3n) is 9.39. The van der Waals surface area contributed by atoms with Crippen LogP contribution in [-0.4, -0.2) is 101 Å². The van der Waals surface area contributed by atoms with Crippen molar-refractivity contribution in [2.24, 2.45) is 0 Å². The molecule has 1 atom stereocenters. The summed E-state index contributed by atoms with van der Waals surface area (Å²) in [6.45, 7) is 6.29. The van der Waals surface area contributed by atoms with Gasteiger partial charge in [-0.3, -0.25) is 9.58 Å². The highest BCUT2D eigenvalue weighted by molar-refractivity contribution is 6.32. The Morgan fingerprint density at radius 1 is 1.09 bits per heavy atom.